The van der Waals surface area contributed by atoms with Gasteiger partial charge in [-0.05, 0) is 24.1 Å². The van der Waals surface area contributed by atoms with Gasteiger partial charge in [-0.2, -0.15) is 0 Å². The van der Waals surface area contributed by atoms with Crippen molar-refractivity contribution in [2.24, 2.45) is 0 Å². The van der Waals surface area contributed by atoms with Crippen molar-refractivity contribution in [3.05, 3.63) is 35.6 Å². The lowest BCUT2D eigenvalue weighted by atomic mass is 10.0. The molecule has 1 N–H and O–H groups in total. The van der Waals surface area contributed by atoms with Gasteiger partial charge in [0.25, 0.3) is 0 Å². The lowest BCUT2D eigenvalue weighted by Gasteiger charge is -2.09. The summed E-state index contributed by atoms with van der Waals surface area (Å²) in [5, 5.41) is 9.64. The lowest BCUT2D eigenvalue weighted by molar-refractivity contribution is -0.117. The Morgan fingerprint density at radius 3 is 2.53 bits per heavy atom. The summed E-state index contributed by atoms with van der Waals surface area (Å²) in [6.07, 6.45) is -0.183. The van der Waals surface area contributed by atoms with Gasteiger partial charge in [-0.3, -0.25) is 4.79 Å². The van der Waals surface area contributed by atoms with Gasteiger partial charge in [-0.15, -0.1) is 11.6 Å². The van der Waals surface area contributed by atoms with Crippen molar-refractivity contribution < 1.29 is 14.3 Å². The molecule has 0 aliphatic carbocycles. The van der Waals surface area contributed by atoms with Crippen molar-refractivity contribution >= 4 is 17.4 Å². The summed E-state index contributed by atoms with van der Waals surface area (Å²) in [4.78, 5) is 10.9. The molecule has 1 unspecified atom stereocenters. The molecule has 0 aliphatic rings. The molecule has 1 aromatic rings. The number of hydrogen-bond acceptors (Lipinski definition) is 2. The first-order chi connectivity index (χ1) is 7.13. The molecular weight excluding hydrogens is 219 g/mol. The number of aliphatic hydroxyl groups is 1. The van der Waals surface area contributed by atoms with E-state index in [1.807, 2.05) is 0 Å². The number of halogens is 2. The first-order valence-corrected chi connectivity index (χ1v) is 5.18. The van der Waals surface area contributed by atoms with Crippen LogP contribution in [0.15, 0.2) is 24.3 Å². The largest absolute Gasteiger partial charge is 0.388 e. The van der Waals surface area contributed by atoms with Crippen LogP contribution in [0.1, 0.15) is 24.5 Å². The Morgan fingerprint density at radius 2 is 2.00 bits per heavy atom. The highest BCUT2D eigenvalue weighted by molar-refractivity contribution is 6.27. The predicted molar refractivity (Wildman–Crippen MR) is 56.3 cm³/mol. The van der Waals surface area contributed by atoms with Gasteiger partial charge < -0.3 is 5.11 Å². The van der Waals surface area contributed by atoms with E-state index in [0.29, 0.717) is 12.0 Å². The molecule has 82 valence electrons. The van der Waals surface area contributed by atoms with Crippen LogP contribution in [-0.2, 0) is 4.79 Å². The van der Waals surface area contributed by atoms with E-state index in [1.165, 1.54) is 24.3 Å². The number of rotatable bonds is 5. The quantitative estimate of drug-likeness (QED) is 0.789. The third kappa shape index (κ3) is 3.98. The molecular formula is C11H12ClFO2. The molecule has 0 amide bonds. The Labute approximate surface area is 92.7 Å². The van der Waals surface area contributed by atoms with Crippen molar-refractivity contribution in [2.75, 3.05) is 5.88 Å². The Balaban J connectivity index is 2.50. The van der Waals surface area contributed by atoms with E-state index in [9.17, 15) is 14.3 Å². The van der Waals surface area contributed by atoms with Gasteiger partial charge in [0.15, 0.2) is 0 Å². The first kappa shape index (κ1) is 12.1. The van der Waals surface area contributed by atoms with Crippen LogP contribution in [0.3, 0.4) is 0 Å². The van der Waals surface area contributed by atoms with Gasteiger partial charge in [0.2, 0.25) is 0 Å². The summed E-state index contributed by atoms with van der Waals surface area (Å²) in [6.45, 7) is 0. The average Bonchev–Trinajstić information content (AvgIpc) is 2.26. The Kier molecular flexibility index (Phi) is 4.72. The fourth-order valence-corrected chi connectivity index (χ4v) is 1.35. The molecule has 1 rings (SSSR count). The zero-order valence-corrected chi connectivity index (χ0v) is 8.88. The van der Waals surface area contributed by atoms with E-state index in [1.54, 1.807) is 0 Å². The van der Waals surface area contributed by atoms with Crippen molar-refractivity contribution in [1.82, 2.24) is 0 Å². The summed E-state index contributed by atoms with van der Waals surface area (Å²) in [5.74, 6) is -0.475. The SMILES string of the molecule is O=C(CCl)CCC(O)c1ccc(F)cc1. The third-order valence-corrected chi connectivity index (χ3v) is 2.40. The van der Waals surface area contributed by atoms with Gasteiger partial charge in [0.1, 0.15) is 11.6 Å². The molecule has 0 radical (unpaired) electrons. The van der Waals surface area contributed by atoms with E-state index in [2.05, 4.69) is 0 Å². The molecule has 1 aromatic carbocycles. The Bertz CT molecular complexity index is 324. The molecule has 0 aliphatic heterocycles. The number of alkyl halides is 1. The fourth-order valence-electron chi connectivity index (χ4n) is 1.22. The molecule has 0 fully saturated rings. The molecule has 0 aromatic heterocycles. The molecule has 0 spiro atoms. The van der Waals surface area contributed by atoms with Crippen LogP contribution in [0, 0.1) is 5.82 Å². The van der Waals surface area contributed by atoms with E-state index >= 15 is 0 Å². The normalized spacial score (nSPS) is 12.5. The fraction of sp³-hybridized carbons (Fsp3) is 0.364. The second kappa shape index (κ2) is 5.83. The summed E-state index contributed by atoms with van der Waals surface area (Å²) < 4.78 is 12.6. The monoisotopic (exact) mass is 230 g/mol. The van der Waals surface area contributed by atoms with Crippen LogP contribution in [0.5, 0.6) is 0 Å². The van der Waals surface area contributed by atoms with E-state index in [4.69, 9.17) is 11.6 Å². The number of carbonyl (C=O) groups is 1. The maximum absolute atomic E-state index is 12.6. The molecule has 2 nitrogen and oxygen atoms in total. The van der Waals surface area contributed by atoms with E-state index in [-0.39, 0.29) is 23.9 Å². The Hall–Kier alpha value is -0.930. The number of benzene rings is 1. The summed E-state index contributed by atoms with van der Waals surface area (Å²) >= 11 is 5.32. The molecule has 0 saturated heterocycles. The first-order valence-electron chi connectivity index (χ1n) is 4.64. The zero-order chi connectivity index (χ0) is 11.3. The van der Waals surface area contributed by atoms with Crippen LogP contribution in [0.25, 0.3) is 0 Å². The zero-order valence-electron chi connectivity index (χ0n) is 8.12. The minimum Gasteiger partial charge on any atom is -0.388 e. The second-order valence-electron chi connectivity index (χ2n) is 3.28. The van der Waals surface area contributed by atoms with Crippen LogP contribution in [-0.4, -0.2) is 16.8 Å². The Morgan fingerprint density at radius 1 is 1.40 bits per heavy atom. The highest BCUT2D eigenvalue weighted by Crippen LogP contribution is 2.18. The minimum atomic E-state index is -0.738. The summed E-state index contributed by atoms with van der Waals surface area (Å²) in [7, 11) is 0. The smallest absolute Gasteiger partial charge is 0.147 e. The molecule has 0 saturated carbocycles. The van der Waals surface area contributed by atoms with Crippen LogP contribution in [0.2, 0.25) is 0 Å². The van der Waals surface area contributed by atoms with Gasteiger partial charge in [-0.25, -0.2) is 4.39 Å². The van der Waals surface area contributed by atoms with Crippen LogP contribution >= 0.6 is 11.6 Å². The van der Waals surface area contributed by atoms with Crippen LogP contribution < -0.4 is 0 Å². The van der Waals surface area contributed by atoms with Crippen molar-refractivity contribution in [1.29, 1.82) is 0 Å². The number of aliphatic hydroxyl groups excluding tert-OH is 1. The minimum absolute atomic E-state index is 0.0316. The highest BCUT2D eigenvalue weighted by atomic mass is 35.5. The average molecular weight is 231 g/mol. The number of ketones is 1. The van der Waals surface area contributed by atoms with E-state index < -0.39 is 6.10 Å². The number of carbonyl (C=O) groups excluding carboxylic acids is 1. The number of Topliss-reactive ketones (excluding diaryl/α,β-unsaturated/α-hetero) is 1. The summed E-state index contributed by atoms with van der Waals surface area (Å²) in [5.41, 5.74) is 0.610. The van der Waals surface area contributed by atoms with Gasteiger partial charge in [0, 0.05) is 6.42 Å². The highest BCUT2D eigenvalue weighted by Gasteiger charge is 2.09. The summed E-state index contributed by atoms with van der Waals surface area (Å²) in [6, 6.07) is 5.57. The van der Waals surface area contributed by atoms with Crippen molar-refractivity contribution in [3.8, 4) is 0 Å². The van der Waals surface area contributed by atoms with Gasteiger partial charge >= 0.3 is 0 Å². The topological polar surface area (TPSA) is 37.3 Å². The third-order valence-electron chi connectivity index (χ3n) is 2.10. The maximum atomic E-state index is 12.6. The van der Waals surface area contributed by atoms with Crippen molar-refractivity contribution in [2.45, 2.75) is 18.9 Å². The second-order valence-corrected chi connectivity index (χ2v) is 3.55. The van der Waals surface area contributed by atoms with Gasteiger partial charge in [-0.1, -0.05) is 12.1 Å². The molecule has 4 heteroatoms. The molecule has 0 bridgehead atoms. The predicted octanol–water partition coefficient (Wildman–Crippen LogP) is 2.45. The standard InChI is InChI=1S/C11H12ClFO2/c12-7-10(14)5-6-11(15)8-1-3-9(13)4-2-8/h1-4,11,15H,5-7H2. The lowest BCUT2D eigenvalue weighted by Crippen LogP contribution is -2.04. The van der Waals surface area contributed by atoms with Gasteiger partial charge in [0.05, 0.1) is 12.0 Å². The molecule has 15 heavy (non-hydrogen) atoms. The van der Waals surface area contributed by atoms with Crippen LogP contribution in [0.4, 0.5) is 4.39 Å². The molecule has 1 atom stereocenters. The van der Waals surface area contributed by atoms with Crippen molar-refractivity contribution in [3.63, 3.8) is 0 Å². The number of hydrogen-bond donors (Lipinski definition) is 1. The molecule has 0 heterocycles. The van der Waals surface area contributed by atoms with E-state index in [0.717, 1.165) is 0 Å². The maximum Gasteiger partial charge on any atom is 0.147 e.